The molecule has 0 aromatic heterocycles. The van der Waals surface area contributed by atoms with E-state index in [4.69, 9.17) is 0 Å². The Morgan fingerprint density at radius 1 is 0.543 bits per heavy atom. The van der Waals surface area contributed by atoms with Gasteiger partial charge >= 0.3 is 0 Å². The first-order chi connectivity index (χ1) is 16.8. The summed E-state index contributed by atoms with van der Waals surface area (Å²) >= 11 is 0. The predicted octanol–water partition coefficient (Wildman–Crippen LogP) is 6.93. The van der Waals surface area contributed by atoms with E-state index in [9.17, 15) is 0 Å². The maximum absolute atomic E-state index is 2.40. The average Bonchev–Trinajstić information content (AvgIpc) is 2.87. The van der Waals surface area contributed by atoms with E-state index in [1.165, 1.54) is 44.9 Å². The summed E-state index contributed by atoms with van der Waals surface area (Å²) in [6.07, 6.45) is 0.950. The second-order valence-electron chi connectivity index (χ2n) is 9.84. The van der Waals surface area contributed by atoms with Crippen LogP contribution in [0.4, 0.5) is 17.1 Å². The Bertz CT molecular complexity index is 1220. The van der Waals surface area contributed by atoms with Crippen LogP contribution in [0, 0.1) is 0 Å². The third-order valence-corrected chi connectivity index (χ3v) is 6.70. The molecule has 0 N–H and O–H groups in total. The summed E-state index contributed by atoms with van der Waals surface area (Å²) in [5.74, 6) is 0.243. The first-order valence-electron chi connectivity index (χ1n) is 12.2. The van der Waals surface area contributed by atoms with Crippen LogP contribution in [0.3, 0.4) is 0 Å². The Balaban J connectivity index is 1.83. The fourth-order valence-corrected chi connectivity index (χ4v) is 4.63. The van der Waals surface area contributed by atoms with Crippen LogP contribution in [0.5, 0.6) is 0 Å². The lowest BCUT2D eigenvalue weighted by Crippen LogP contribution is -2.15. The molecule has 0 bridgehead atoms. The molecule has 180 valence electrons. The molecule has 0 radical (unpaired) electrons. The minimum absolute atomic E-state index is 0.243. The van der Waals surface area contributed by atoms with Gasteiger partial charge in [0.15, 0.2) is 0 Å². The molecule has 4 rings (SSSR count). The van der Waals surface area contributed by atoms with E-state index in [1.807, 2.05) is 0 Å². The quantitative estimate of drug-likeness (QED) is 0.281. The Kier molecular flexibility index (Phi) is 7.45. The van der Waals surface area contributed by atoms with Crippen LogP contribution in [-0.4, -0.2) is 42.3 Å². The van der Waals surface area contributed by atoms with Gasteiger partial charge in [0.05, 0.1) is 0 Å². The minimum atomic E-state index is 0.243. The second kappa shape index (κ2) is 10.7. The van der Waals surface area contributed by atoms with E-state index in [0.717, 1.165) is 6.42 Å². The van der Waals surface area contributed by atoms with Gasteiger partial charge in [0, 0.05) is 65.3 Å². The van der Waals surface area contributed by atoms with Crippen LogP contribution < -0.4 is 14.7 Å². The molecule has 0 aliphatic heterocycles. The van der Waals surface area contributed by atoms with Gasteiger partial charge in [0.2, 0.25) is 0 Å². The van der Waals surface area contributed by atoms with Crippen molar-refractivity contribution in [1.82, 2.24) is 0 Å². The zero-order chi connectivity index (χ0) is 24.9. The number of benzene rings is 4. The number of rotatable bonds is 8. The molecule has 0 heterocycles. The van der Waals surface area contributed by atoms with Crippen LogP contribution in [0.2, 0.25) is 0 Å². The molecule has 35 heavy (non-hydrogen) atoms. The van der Waals surface area contributed by atoms with Gasteiger partial charge < -0.3 is 14.7 Å². The van der Waals surface area contributed by atoms with Crippen molar-refractivity contribution in [2.45, 2.75) is 12.3 Å². The van der Waals surface area contributed by atoms with Crippen molar-refractivity contribution >= 4 is 17.1 Å². The Labute approximate surface area is 211 Å². The molecule has 0 fully saturated rings. The van der Waals surface area contributed by atoms with E-state index < -0.39 is 0 Å². The van der Waals surface area contributed by atoms with E-state index in [-0.39, 0.29) is 5.92 Å². The molecular weight excluding hydrogens is 426 g/mol. The Hall–Kier alpha value is -3.72. The molecule has 0 saturated carbocycles. The van der Waals surface area contributed by atoms with E-state index >= 15 is 0 Å². The normalized spacial score (nSPS) is 11.7. The Morgan fingerprint density at radius 3 is 1.63 bits per heavy atom. The third-order valence-electron chi connectivity index (χ3n) is 6.70. The highest BCUT2D eigenvalue weighted by Gasteiger charge is 2.21. The van der Waals surface area contributed by atoms with Crippen LogP contribution in [0.1, 0.15) is 22.6 Å². The molecule has 0 aliphatic carbocycles. The SMILES string of the molecule is CN(C)c1ccc(-c2ccc(N(C)C)c(C(Cc3ccccc3)c3ccc(N(C)C)cc3)c2)cc1. The summed E-state index contributed by atoms with van der Waals surface area (Å²) in [6, 6.07) is 35.6. The molecule has 0 aliphatic rings. The zero-order valence-corrected chi connectivity index (χ0v) is 21.9. The first kappa shape index (κ1) is 24.4. The maximum atomic E-state index is 2.40. The summed E-state index contributed by atoms with van der Waals surface area (Å²) < 4.78 is 0. The Morgan fingerprint density at radius 2 is 1.09 bits per heavy atom. The molecule has 3 heteroatoms. The largest absolute Gasteiger partial charge is 0.378 e. The molecule has 0 amide bonds. The smallest absolute Gasteiger partial charge is 0.0400 e. The molecule has 0 saturated heterocycles. The molecular formula is C32H37N3. The fourth-order valence-electron chi connectivity index (χ4n) is 4.63. The molecule has 3 nitrogen and oxygen atoms in total. The number of hydrogen-bond donors (Lipinski definition) is 0. The number of nitrogens with zero attached hydrogens (tertiary/aromatic N) is 3. The van der Waals surface area contributed by atoms with Crippen molar-refractivity contribution in [3.63, 3.8) is 0 Å². The highest BCUT2D eigenvalue weighted by molar-refractivity contribution is 5.72. The summed E-state index contributed by atoms with van der Waals surface area (Å²) in [5.41, 5.74) is 10.2. The number of hydrogen-bond acceptors (Lipinski definition) is 3. The molecule has 4 aromatic rings. The summed E-state index contributed by atoms with van der Waals surface area (Å²) in [4.78, 5) is 6.53. The van der Waals surface area contributed by atoms with Crippen molar-refractivity contribution in [3.05, 3.63) is 114 Å². The van der Waals surface area contributed by atoms with Gasteiger partial charge in [-0.2, -0.15) is 0 Å². The van der Waals surface area contributed by atoms with Gasteiger partial charge in [-0.15, -0.1) is 0 Å². The monoisotopic (exact) mass is 463 g/mol. The van der Waals surface area contributed by atoms with Crippen LogP contribution >= 0.6 is 0 Å². The van der Waals surface area contributed by atoms with Crippen molar-refractivity contribution in [2.75, 3.05) is 57.0 Å². The fraction of sp³-hybridized carbons (Fsp3) is 0.250. The van der Waals surface area contributed by atoms with Gasteiger partial charge in [-0.25, -0.2) is 0 Å². The summed E-state index contributed by atoms with van der Waals surface area (Å²) in [6.45, 7) is 0. The lowest BCUT2D eigenvalue weighted by molar-refractivity contribution is 0.801. The van der Waals surface area contributed by atoms with Crippen molar-refractivity contribution in [1.29, 1.82) is 0 Å². The summed E-state index contributed by atoms with van der Waals surface area (Å²) in [5, 5.41) is 0. The molecule has 4 aromatic carbocycles. The topological polar surface area (TPSA) is 9.72 Å². The van der Waals surface area contributed by atoms with Crippen molar-refractivity contribution < 1.29 is 0 Å². The highest BCUT2D eigenvalue weighted by atomic mass is 15.1. The van der Waals surface area contributed by atoms with E-state index in [1.54, 1.807) is 0 Å². The lowest BCUT2D eigenvalue weighted by Gasteiger charge is -2.26. The van der Waals surface area contributed by atoms with Crippen LogP contribution in [-0.2, 0) is 6.42 Å². The zero-order valence-electron chi connectivity index (χ0n) is 21.9. The van der Waals surface area contributed by atoms with E-state index in [2.05, 4.69) is 154 Å². The van der Waals surface area contributed by atoms with E-state index in [0.29, 0.717) is 0 Å². The highest BCUT2D eigenvalue weighted by Crippen LogP contribution is 2.38. The van der Waals surface area contributed by atoms with Gasteiger partial charge in [0.1, 0.15) is 0 Å². The van der Waals surface area contributed by atoms with Crippen LogP contribution in [0.15, 0.2) is 97.1 Å². The average molecular weight is 464 g/mol. The van der Waals surface area contributed by atoms with Crippen molar-refractivity contribution in [3.8, 4) is 11.1 Å². The second-order valence-corrected chi connectivity index (χ2v) is 9.84. The molecule has 1 unspecified atom stereocenters. The minimum Gasteiger partial charge on any atom is -0.378 e. The predicted molar refractivity (Wildman–Crippen MR) is 153 cm³/mol. The van der Waals surface area contributed by atoms with Gasteiger partial charge in [-0.05, 0) is 70.6 Å². The number of anilines is 3. The van der Waals surface area contributed by atoms with Crippen LogP contribution in [0.25, 0.3) is 11.1 Å². The summed E-state index contributed by atoms with van der Waals surface area (Å²) in [7, 11) is 12.6. The lowest BCUT2D eigenvalue weighted by atomic mass is 9.83. The van der Waals surface area contributed by atoms with Gasteiger partial charge in [0.25, 0.3) is 0 Å². The van der Waals surface area contributed by atoms with Gasteiger partial charge in [-0.3, -0.25) is 0 Å². The maximum Gasteiger partial charge on any atom is 0.0400 e. The standard InChI is InChI=1S/C32H37N3/c1-33(2)28-17-12-25(13-18-28)27-16-21-32(35(5)6)31(23-27)30(22-24-10-8-7-9-11-24)26-14-19-29(20-15-26)34(3)4/h7-21,23,30H,22H2,1-6H3. The van der Waals surface area contributed by atoms with Gasteiger partial charge in [-0.1, -0.05) is 60.7 Å². The molecule has 0 spiro atoms. The first-order valence-corrected chi connectivity index (χ1v) is 12.2. The van der Waals surface area contributed by atoms with Crippen molar-refractivity contribution in [2.24, 2.45) is 0 Å². The third kappa shape index (κ3) is 5.68. The molecule has 1 atom stereocenters.